The van der Waals surface area contributed by atoms with Gasteiger partial charge in [0.25, 0.3) is 0 Å². The third-order valence-electron chi connectivity index (χ3n) is 2.64. The quantitative estimate of drug-likeness (QED) is 0.843. The SMILES string of the molecule is CCCOc1ccccc1OCc1ccsc1C(=O)O. The Hall–Kier alpha value is -2.01. The number of ether oxygens (including phenoxy) is 2. The summed E-state index contributed by atoms with van der Waals surface area (Å²) < 4.78 is 11.3. The minimum absolute atomic E-state index is 0.220. The van der Waals surface area contributed by atoms with Gasteiger partial charge in [-0.05, 0) is 30.0 Å². The van der Waals surface area contributed by atoms with Crippen LogP contribution in [-0.2, 0) is 6.61 Å². The molecule has 4 nitrogen and oxygen atoms in total. The third-order valence-corrected chi connectivity index (χ3v) is 3.58. The van der Waals surface area contributed by atoms with Crippen molar-refractivity contribution in [2.24, 2.45) is 0 Å². The summed E-state index contributed by atoms with van der Waals surface area (Å²) in [5.41, 5.74) is 0.674. The van der Waals surface area contributed by atoms with Gasteiger partial charge in [0.05, 0.1) is 6.61 Å². The maximum atomic E-state index is 11.0. The van der Waals surface area contributed by atoms with Crippen LogP contribution in [0.5, 0.6) is 11.5 Å². The molecule has 2 rings (SSSR count). The molecule has 0 aliphatic carbocycles. The molecule has 0 aliphatic rings. The molecule has 0 unspecified atom stereocenters. The highest BCUT2D eigenvalue weighted by atomic mass is 32.1. The summed E-state index contributed by atoms with van der Waals surface area (Å²) in [5.74, 6) is 0.388. The van der Waals surface area contributed by atoms with E-state index in [1.54, 1.807) is 11.4 Å². The van der Waals surface area contributed by atoms with Crippen molar-refractivity contribution in [3.05, 3.63) is 46.2 Å². The first kappa shape index (κ1) is 14.4. The van der Waals surface area contributed by atoms with Crippen molar-refractivity contribution in [1.82, 2.24) is 0 Å². The molecule has 106 valence electrons. The summed E-state index contributed by atoms with van der Waals surface area (Å²) in [4.78, 5) is 11.3. The highest BCUT2D eigenvalue weighted by molar-refractivity contribution is 7.12. The maximum absolute atomic E-state index is 11.0. The van der Waals surface area contributed by atoms with Crippen molar-refractivity contribution in [3.8, 4) is 11.5 Å². The monoisotopic (exact) mass is 292 g/mol. The van der Waals surface area contributed by atoms with E-state index in [-0.39, 0.29) is 6.61 Å². The summed E-state index contributed by atoms with van der Waals surface area (Å²) in [7, 11) is 0. The van der Waals surface area contributed by atoms with Crippen molar-refractivity contribution in [2.75, 3.05) is 6.61 Å². The standard InChI is InChI=1S/C15H16O4S/c1-2-8-18-12-5-3-4-6-13(12)19-10-11-7-9-20-14(11)15(16)17/h3-7,9H,2,8,10H2,1H3,(H,16,17). The number of carboxylic acid groups (broad SMARTS) is 1. The lowest BCUT2D eigenvalue weighted by molar-refractivity contribution is 0.0699. The summed E-state index contributed by atoms with van der Waals surface area (Å²) in [5, 5.41) is 10.8. The van der Waals surface area contributed by atoms with E-state index >= 15 is 0 Å². The third kappa shape index (κ3) is 3.51. The Bertz CT molecular complexity index is 577. The van der Waals surface area contributed by atoms with Gasteiger partial charge in [0.1, 0.15) is 11.5 Å². The van der Waals surface area contributed by atoms with Crippen molar-refractivity contribution >= 4 is 17.3 Å². The van der Waals surface area contributed by atoms with Gasteiger partial charge in [-0.25, -0.2) is 4.79 Å². The van der Waals surface area contributed by atoms with Crippen LogP contribution in [0.25, 0.3) is 0 Å². The van der Waals surface area contributed by atoms with Crippen LogP contribution in [0.15, 0.2) is 35.7 Å². The van der Waals surface area contributed by atoms with Crippen molar-refractivity contribution < 1.29 is 19.4 Å². The first-order valence-electron chi connectivity index (χ1n) is 6.36. The number of benzene rings is 1. The summed E-state index contributed by atoms with van der Waals surface area (Å²) in [6.07, 6.45) is 0.919. The average Bonchev–Trinajstić information content (AvgIpc) is 2.92. The molecule has 0 saturated carbocycles. The normalized spacial score (nSPS) is 10.2. The Morgan fingerprint density at radius 3 is 2.55 bits per heavy atom. The van der Waals surface area contributed by atoms with Crippen LogP contribution in [-0.4, -0.2) is 17.7 Å². The number of aromatic carboxylic acids is 1. The number of hydrogen-bond acceptors (Lipinski definition) is 4. The van der Waals surface area contributed by atoms with Gasteiger partial charge < -0.3 is 14.6 Å². The average molecular weight is 292 g/mol. The van der Waals surface area contributed by atoms with E-state index in [1.165, 1.54) is 11.3 Å². The Morgan fingerprint density at radius 1 is 1.20 bits per heavy atom. The number of para-hydroxylation sites is 2. The second-order valence-corrected chi connectivity index (χ2v) is 5.08. The molecule has 0 saturated heterocycles. The van der Waals surface area contributed by atoms with E-state index in [4.69, 9.17) is 14.6 Å². The first-order chi connectivity index (χ1) is 9.72. The van der Waals surface area contributed by atoms with Crippen LogP contribution in [0.4, 0.5) is 0 Å². The zero-order chi connectivity index (χ0) is 14.4. The number of hydrogen-bond donors (Lipinski definition) is 1. The van der Waals surface area contributed by atoms with Gasteiger partial charge in [-0.15, -0.1) is 11.3 Å². The topological polar surface area (TPSA) is 55.8 Å². The molecule has 0 fully saturated rings. The largest absolute Gasteiger partial charge is 0.490 e. The molecule has 0 atom stereocenters. The predicted molar refractivity (Wildman–Crippen MR) is 77.8 cm³/mol. The Morgan fingerprint density at radius 2 is 1.90 bits per heavy atom. The molecule has 20 heavy (non-hydrogen) atoms. The van der Waals surface area contributed by atoms with Crippen LogP contribution in [0.1, 0.15) is 28.6 Å². The minimum Gasteiger partial charge on any atom is -0.490 e. The molecule has 0 amide bonds. The Balaban J connectivity index is 2.07. The lowest BCUT2D eigenvalue weighted by Crippen LogP contribution is -2.03. The molecule has 5 heteroatoms. The van der Waals surface area contributed by atoms with Crippen LogP contribution < -0.4 is 9.47 Å². The molecule has 1 heterocycles. The molecular formula is C15H16O4S. The van der Waals surface area contributed by atoms with Gasteiger partial charge in [0.15, 0.2) is 11.5 Å². The van der Waals surface area contributed by atoms with Crippen LogP contribution in [0.3, 0.4) is 0 Å². The number of rotatable bonds is 7. The fraction of sp³-hybridized carbons (Fsp3) is 0.267. The van der Waals surface area contributed by atoms with E-state index in [0.717, 1.165) is 6.42 Å². The lowest BCUT2D eigenvalue weighted by Gasteiger charge is -2.12. The summed E-state index contributed by atoms with van der Waals surface area (Å²) in [6.45, 7) is 2.88. The second kappa shape index (κ2) is 6.96. The van der Waals surface area contributed by atoms with Crippen molar-refractivity contribution in [1.29, 1.82) is 0 Å². The van der Waals surface area contributed by atoms with Crippen LogP contribution >= 0.6 is 11.3 Å². The van der Waals surface area contributed by atoms with Gasteiger partial charge in [-0.1, -0.05) is 19.1 Å². The lowest BCUT2D eigenvalue weighted by atomic mass is 10.2. The highest BCUT2D eigenvalue weighted by Gasteiger charge is 2.13. The van der Waals surface area contributed by atoms with E-state index in [0.29, 0.717) is 28.5 Å². The van der Waals surface area contributed by atoms with Gasteiger partial charge in [-0.3, -0.25) is 0 Å². The molecule has 0 spiro atoms. The van der Waals surface area contributed by atoms with E-state index in [9.17, 15) is 4.79 Å². The van der Waals surface area contributed by atoms with Crippen molar-refractivity contribution in [2.45, 2.75) is 20.0 Å². The van der Waals surface area contributed by atoms with Gasteiger partial charge in [0.2, 0.25) is 0 Å². The van der Waals surface area contributed by atoms with Crippen LogP contribution in [0.2, 0.25) is 0 Å². The summed E-state index contributed by atoms with van der Waals surface area (Å²) in [6, 6.07) is 9.17. The second-order valence-electron chi connectivity index (χ2n) is 4.16. The zero-order valence-corrected chi connectivity index (χ0v) is 12.0. The van der Waals surface area contributed by atoms with Crippen molar-refractivity contribution in [3.63, 3.8) is 0 Å². The van der Waals surface area contributed by atoms with E-state index in [2.05, 4.69) is 0 Å². The smallest absolute Gasteiger partial charge is 0.346 e. The Labute approximate surface area is 121 Å². The maximum Gasteiger partial charge on any atom is 0.346 e. The fourth-order valence-electron chi connectivity index (χ4n) is 1.69. The Kier molecular flexibility index (Phi) is 5.01. The molecule has 0 radical (unpaired) electrons. The highest BCUT2D eigenvalue weighted by Crippen LogP contribution is 2.28. The molecule has 0 bridgehead atoms. The van der Waals surface area contributed by atoms with Gasteiger partial charge >= 0.3 is 5.97 Å². The van der Waals surface area contributed by atoms with E-state index < -0.39 is 5.97 Å². The first-order valence-corrected chi connectivity index (χ1v) is 7.24. The molecule has 0 aliphatic heterocycles. The predicted octanol–water partition coefficient (Wildman–Crippen LogP) is 3.81. The van der Waals surface area contributed by atoms with Gasteiger partial charge in [0, 0.05) is 5.56 Å². The summed E-state index contributed by atoms with van der Waals surface area (Å²) >= 11 is 1.20. The van der Waals surface area contributed by atoms with E-state index in [1.807, 2.05) is 31.2 Å². The molecule has 1 N–H and O–H groups in total. The number of carboxylic acids is 1. The number of thiophene rings is 1. The molecule has 1 aromatic carbocycles. The van der Waals surface area contributed by atoms with Gasteiger partial charge in [-0.2, -0.15) is 0 Å². The minimum atomic E-state index is -0.922. The van der Waals surface area contributed by atoms with Crippen LogP contribution in [0, 0.1) is 0 Å². The fourth-order valence-corrected chi connectivity index (χ4v) is 2.44. The molecular weight excluding hydrogens is 276 g/mol. The molecule has 2 aromatic rings. The molecule has 1 aromatic heterocycles. The zero-order valence-electron chi connectivity index (χ0n) is 11.2. The number of carbonyl (C=O) groups is 1.